The molecule has 0 bridgehead atoms. The zero-order valence-electron chi connectivity index (χ0n) is 20.8. The monoisotopic (exact) mass is 503 g/mol. The fourth-order valence-corrected chi connectivity index (χ4v) is 4.68. The van der Waals surface area contributed by atoms with Gasteiger partial charge in [-0.25, -0.2) is 4.98 Å². The maximum atomic E-state index is 13.3. The van der Waals surface area contributed by atoms with Crippen LogP contribution in [0.1, 0.15) is 28.8 Å². The van der Waals surface area contributed by atoms with Crippen molar-refractivity contribution in [2.24, 2.45) is 0 Å². The van der Waals surface area contributed by atoms with Crippen molar-refractivity contribution in [2.75, 3.05) is 27.4 Å². The van der Waals surface area contributed by atoms with Crippen molar-refractivity contribution in [2.45, 2.75) is 31.9 Å². The van der Waals surface area contributed by atoms with E-state index in [4.69, 9.17) is 19.6 Å². The molecule has 1 unspecified atom stereocenters. The molecule has 0 spiro atoms. The number of hydrogen-bond acceptors (Lipinski definition) is 7. The van der Waals surface area contributed by atoms with Gasteiger partial charge in [-0.05, 0) is 55.2 Å². The van der Waals surface area contributed by atoms with Gasteiger partial charge in [0.1, 0.15) is 16.8 Å². The SMILES string of the molecule is COc1ccc(CCNC(=O)c2cc3c(=O)n4ccccc4nc3n(CC3CCCO3)c2=N)cc1OC. The van der Waals surface area contributed by atoms with Gasteiger partial charge in [0.25, 0.3) is 11.5 Å². The first-order chi connectivity index (χ1) is 18.0. The van der Waals surface area contributed by atoms with Gasteiger partial charge in [-0.1, -0.05) is 12.1 Å². The third-order valence-corrected chi connectivity index (χ3v) is 6.62. The summed E-state index contributed by atoms with van der Waals surface area (Å²) in [6.07, 6.45) is 3.88. The van der Waals surface area contributed by atoms with Gasteiger partial charge in [0, 0.05) is 19.3 Å². The van der Waals surface area contributed by atoms with Crippen LogP contribution in [0.2, 0.25) is 0 Å². The highest BCUT2D eigenvalue weighted by molar-refractivity contribution is 5.96. The summed E-state index contributed by atoms with van der Waals surface area (Å²) in [5.74, 6) is 0.823. The molecule has 192 valence electrons. The largest absolute Gasteiger partial charge is 0.493 e. The molecule has 1 fully saturated rings. The van der Waals surface area contributed by atoms with Gasteiger partial charge >= 0.3 is 0 Å². The molecule has 1 aliphatic heterocycles. The maximum absolute atomic E-state index is 13.3. The summed E-state index contributed by atoms with van der Waals surface area (Å²) in [6.45, 7) is 1.34. The van der Waals surface area contributed by atoms with Crippen molar-refractivity contribution in [1.29, 1.82) is 5.41 Å². The molecule has 1 amide bonds. The lowest BCUT2D eigenvalue weighted by atomic mass is 10.1. The van der Waals surface area contributed by atoms with E-state index in [0.29, 0.717) is 48.9 Å². The number of benzene rings is 1. The molecule has 1 saturated heterocycles. The van der Waals surface area contributed by atoms with E-state index in [0.717, 1.165) is 18.4 Å². The number of fused-ring (bicyclic) bond motifs is 2. The van der Waals surface area contributed by atoms with Gasteiger partial charge in [-0.2, -0.15) is 0 Å². The first-order valence-electron chi connectivity index (χ1n) is 12.2. The Bertz CT molecular complexity index is 1590. The topological polar surface area (TPSA) is 120 Å². The molecular formula is C27H29N5O5. The zero-order valence-corrected chi connectivity index (χ0v) is 20.8. The number of pyridine rings is 2. The Labute approximate surface area is 212 Å². The molecule has 0 radical (unpaired) electrons. The third kappa shape index (κ3) is 4.79. The van der Waals surface area contributed by atoms with Gasteiger partial charge in [-0.15, -0.1) is 0 Å². The molecule has 3 aromatic heterocycles. The number of amides is 1. The van der Waals surface area contributed by atoms with Crippen LogP contribution in [0.5, 0.6) is 11.5 Å². The van der Waals surface area contributed by atoms with Crippen molar-refractivity contribution < 1.29 is 19.0 Å². The predicted molar refractivity (Wildman–Crippen MR) is 137 cm³/mol. The van der Waals surface area contributed by atoms with Gasteiger partial charge in [0.2, 0.25) is 0 Å². The Morgan fingerprint density at radius 3 is 2.78 bits per heavy atom. The number of methoxy groups -OCH3 is 2. The smallest absolute Gasteiger partial charge is 0.267 e. The van der Waals surface area contributed by atoms with Gasteiger partial charge in [0.05, 0.1) is 37.8 Å². The molecule has 0 aliphatic carbocycles. The predicted octanol–water partition coefficient (Wildman–Crippen LogP) is 2.30. The van der Waals surface area contributed by atoms with Crippen molar-refractivity contribution in [3.63, 3.8) is 0 Å². The number of aromatic nitrogens is 3. The van der Waals surface area contributed by atoms with E-state index in [2.05, 4.69) is 10.3 Å². The summed E-state index contributed by atoms with van der Waals surface area (Å²) in [5, 5.41) is 12.0. The summed E-state index contributed by atoms with van der Waals surface area (Å²) in [4.78, 5) is 31.2. The van der Waals surface area contributed by atoms with E-state index in [1.165, 1.54) is 10.5 Å². The Morgan fingerprint density at radius 2 is 2.03 bits per heavy atom. The van der Waals surface area contributed by atoms with Crippen molar-refractivity contribution >= 4 is 22.6 Å². The minimum atomic E-state index is -0.425. The van der Waals surface area contributed by atoms with E-state index < -0.39 is 5.91 Å². The lowest BCUT2D eigenvalue weighted by Crippen LogP contribution is -2.37. The number of hydrogen-bond donors (Lipinski definition) is 2. The average molecular weight is 504 g/mol. The van der Waals surface area contributed by atoms with E-state index in [9.17, 15) is 9.59 Å². The zero-order chi connectivity index (χ0) is 25.9. The summed E-state index contributed by atoms with van der Waals surface area (Å²) in [7, 11) is 3.15. The molecule has 1 aromatic carbocycles. The van der Waals surface area contributed by atoms with E-state index in [1.807, 2.05) is 18.2 Å². The van der Waals surface area contributed by atoms with Gasteiger partial charge in [0.15, 0.2) is 11.5 Å². The lowest BCUT2D eigenvalue weighted by Gasteiger charge is -2.17. The number of nitrogens with one attached hydrogen (secondary N) is 2. The van der Waals surface area contributed by atoms with Crippen LogP contribution in [0.3, 0.4) is 0 Å². The van der Waals surface area contributed by atoms with Crippen LogP contribution in [0, 0.1) is 5.41 Å². The molecule has 10 heteroatoms. The number of nitrogens with zero attached hydrogens (tertiary/aromatic N) is 3. The van der Waals surface area contributed by atoms with Crippen LogP contribution >= 0.6 is 0 Å². The van der Waals surface area contributed by atoms with Crippen molar-refractivity contribution in [1.82, 2.24) is 19.3 Å². The highest BCUT2D eigenvalue weighted by Crippen LogP contribution is 2.27. The second-order valence-electron chi connectivity index (χ2n) is 8.93. The summed E-state index contributed by atoms with van der Waals surface area (Å²) in [5.41, 5.74) is 1.64. The van der Waals surface area contributed by atoms with Crippen LogP contribution in [0.25, 0.3) is 16.7 Å². The normalized spacial score (nSPS) is 15.2. The molecule has 5 rings (SSSR count). The molecule has 2 N–H and O–H groups in total. The maximum Gasteiger partial charge on any atom is 0.267 e. The highest BCUT2D eigenvalue weighted by atomic mass is 16.5. The quantitative estimate of drug-likeness (QED) is 0.356. The van der Waals surface area contributed by atoms with Gasteiger partial charge in [-0.3, -0.25) is 19.4 Å². The summed E-state index contributed by atoms with van der Waals surface area (Å²) in [6, 6.07) is 12.4. The molecule has 37 heavy (non-hydrogen) atoms. The second kappa shape index (κ2) is 10.4. The third-order valence-electron chi connectivity index (χ3n) is 6.62. The fraction of sp³-hybridized carbons (Fsp3) is 0.333. The number of ether oxygens (including phenoxy) is 3. The molecule has 1 aliphatic rings. The highest BCUT2D eigenvalue weighted by Gasteiger charge is 2.22. The molecule has 1 atom stereocenters. The number of rotatable bonds is 8. The fourth-order valence-electron chi connectivity index (χ4n) is 4.68. The van der Waals surface area contributed by atoms with Crippen LogP contribution in [0.4, 0.5) is 0 Å². The second-order valence-corrected chi connectivity index (χ2v) is 8.93. The van der Waals surface area contributed by atoms with Crippen LogP contribution in [-0.4, -0.2) is 53.3 Å². The van der Waals surface area contributed by atoms with Crippen molar-refractivity contribution in [3.8, 4) is 11.5 Å². The van der Waals surface area contributed by atoms with Crippen LogP contribution < -0.4 is 25.8 Å². The molecule has 10 nitrogen and oxygen atoms in total. The first-order valence-corrected chi connectivity index (χ1v) is 12.2. The molecule has 0 saturated carbocycles. The van der Waals surface area contributed by atoms with E-state index in [-0.39, 0.29) is 28.1 Å². The summed E-state index contributed by atoms with van der Waals surface area (Å²) >= 11 is 0. The van der Waals surface area contributed by atoms with Gasteiger partial charge < -0.3 is 24.1 Å². The van der Waals surface area contributed by atoms with E-state index in [1.54, 1.807) is 43.2 Å². The van der Waals surface area contributed by atoms with Crippen molar-refractivity contribution in [3.05, 3.63) is 75.6 Å². The van der Waals surface area contributed by atoms with E-state index >= 15 is 0 Å². The average Bonchev–Trinajstić information content (AvgIpc) is 3.43. The Kier molecular flexibility index (Phi) is 6.91. The Balaban J connectivity index is 1.48. The van der Waals surface area contributed by atoms with Crippen LogP contribution in [0.15, 0.2) is 53.5 Å². The standard InChI is InChI=1S/C27H29N5O5/c1-35-21-9-8-17(14-22(21)36-2)10-11-29-26(33)19-15-20-25(30-23-7-3-4-12-31(23)27(20)34)32(24(19)28)16-18-6-5-13-37-18/h3-4,7-9,12,14-15,18,28H,5-6,10-11,13,16H2,1-2H3,(H,29,33). The first kappa shape index (κ1) is 24.5. The Morgan fingerprint density at radius 1 is 1.19 bits per heavy atom. The minimum absolute atomic E-state index is 0.00111. The summed E-state index contributed by atoms with van der Waals surface area (Å²) < 4.78 is 19.5. The lowest BCUT2D eigenvalue weighted by molar-refractivity contribution is 0.0933. The molecule has 4 heterocycles. The number of carbonyl (C=O) groups is 1. The Hall–Kier alpha value is -4.18. The number of carbonyl (C=O) groups excluding carboxylic acids is 1. The minimum Gasteiger partial charge on any atom is -0.493 e. The molecule has 4 aromatic rings. The molecular weight excluding hydrogens is 474 g/mol. The van der Waals surface area contributed by atoms with Crippen LogP contribution in [-0.2, 0) is 17.7 Å².